The summed E-state index contributed by atoms with van der Waals surface area (Å²) in [5.74, 6) is 1.42. The molecule has 1 saturated carbocycles. The van der Waals surface area contributed by atoms with E-state index in [9.17, 15) is 4.79 Å². The summed E-state index contributed by atoms with van der Waals surface area (Å²) in [6, 6.07) is 0. The van der Waals surface area contributed by atoms with E-state index in [1.165, 1.54) is 7.11 Å². The Morgan fingerprint density at radius 3 is 2.60 bits per heavy atom. The fourth-order valence-electron chi connectivity index (χ4n) is 2.93. The second-order valence-corrected chi connectivity index (χ2v) is 4.15. The number of hydrogen-bond acceptors (Lipinski definition) is 4. The van der Waals surface area contributed by atoms with Crippen LogP contribution in [0.25, 0.3) is 0 Å². The summed E-state index contributed by atoms with van der Waals surface area (Å²) in [5.41, 5.74) is 0. The lowest BCUT2D eigenvalue weighted by Crippen LogP contribution is -2.52. The lowest BCUT2D eigenvalue weighted by molar-refractivity contribution is -0.162. The van der Waals surface area contributed by atoms with E-state index in [0.717, 1.165) is 13.1 Å². The van der Waals surface area contributed by atoms with Crippen LogP contribution in [0, 0.1) is 23.7 Å². The molecule has 88 valence electrons. The van der Waals surface area contributed by atoms with Crippen LogP contribution >= 0.6 is 12.4 Å². The SMILES string of the molecule is COC[C@H]1[C@@H]2CNC[C@@H]2[C@H]1C(=O)OC.Cl. The first kappa shape index (κ1) is 12.7. The fraction of sp³-hybridized carbons (Fsp3) is 0.900. The highest BCUT2D eigenvalue weighted by molar-refractivity contribution is 5.85. The van der Waals surface area contributed by atoms with Gasteiger partial charge in [0.15, 0.2) is 0 Å². The van der Waals surface area contributed by atoms with E-state index in [2.05, 4.69) is 5.32 Å². The molecule has 15 heavy (non-hydrogen) atoms. The van der Waals surface area contributed by atoms with Gasteiger partial charge in [0.25, 0.3) is 0 Å². The van der Waals surface area contributed by atoms with E-state index < -0.39 is 0 Å². The number of hydrogen-bond donors (Lipinski definition) is 1. The zero-order chi connectivity index (χ0) is 10.1. The number of rotatable bonds is 3. The van der Waals surface area contributed by atoms with Gasteiger partial charge >= 0.3 is 5.97 Å². The molecular weight excluding hydrogens is 218 g/mol. The predicted molar refractivity (Wildman–Crippen MR) is 58.0 cm³/mol. The predicted octanol–water partition coefficient (Wildman–Crippen LogP) is 0.309. The normalized spacial score (nSPS) is 37.5. The highest BCUT2D eigenvalue weighted by Gasteiger charge is 2.56. The molecule has 1 aliphatic carbocycles. The molecule has 0 amide bonds. The molecule has 4 atom stereocenters. The van der Waals surface area contributed by atoms with Crippen molar-refractivity contribution in [2.75, 3.05) is 33.9 Å². The Hall–Kier alpha value is -0.320. The number of fused-ring (bicyclic) bond motifs is 1. The topological polar surface area (TPSA) is 47.6 Å². The van der Waals surface area contributed by atoms with Gasteiger partial charge in [-0.25, -0.2) is 0 Å². The maximum Gasteiger partial charge on any atom is 0.309 e. The maximum atomic E-state index is 11.5. The van der Waals surface area contributed by atoms with Gasteiger partial charge in [-0.3, -0.25) is 4.79 Å². The molecule has 0 radical (unpaired) electrons. The second-order valence-electron chi connectivity index (χ2n) is 4.15. The van der Waals surface area contributed by atoms with Crippen molar-refractivity contribution in [1.29, 1.82) is 0 Å². The van der Waals surface area contributed by atoms with Crippen LogP contribution < -0.4 is 5.32 Å². The van der Waals surface area contributed by atoms with Crippen LogP contribution in [0.4, 0.5) is 0 Å². The number of carbonyl (C=O) groups excluding carboxylic acids is 1. The van der Waals surface area contributed by atoms with Crippen LogP contribution in [0.3, 0.4) is 0 Å². The van der Waals surface area contributed by atoms with Crippen LogP contribution in [0.1, 0.15) is 0 Å². The van der Waals surface area contributed by atoms with E-state index in [1.54, 1.807) is 7.11 Å². The third-order valence-corrected chi connectivity index (χ3v) is 3.61. The maximum absolute atomic E-state index is 11.5. The van der Waals surface area contributed by atoms with Crippen LogP contribution in [-0.4, -0.2) is 39.9 Å². The molecular formula is C10H18ClNO3. The molecule has 2 fully saturated rings. The second kappa shape index (κ2) is 5.14. The minimum Gasteiger partial charge on any atom is -0.469 e. The molecule has 1 N–H and O–H groups in total. The molecule has 1 heterocycles. The van der Waals surface area contributed by atoms with Gasteiger partial charge in [-0.1, -0.05) is 0 Å². The first-order chi connectivity index (χ1) is 6.79. The summed E-state index contributed by atoms with van der Waals surface area (Å²) in [6.07, 6.45) is 0. The van der Waals surface area contributed by atoms with Crippen LogP contribution in [0.5, 0.6) is 0 Å². The number of halogens is 1. The molecule has 0 unspecified atom stereocenters. The van der Waals surface area contributed by atoms with Gasteiger partial charge in [0.1, 0.15) is 0 Å². The molecule has 0 bridgehead atoms. The van der Waals surface area contributed by atoms with Gasteiger partial charge in [0.05, 0.1) is 19.6 Å². The Balaban J connectivity index is 0.00000112. The Labute approximate surface area is 96.1 Å². The number of nitrogens with one attached hydrogen (secondary N) is 1. The summed E-state index contributed by atoms with van der Waals surface area (Å²) in [5, 5.41) is 3.32. The number of ether oxygens (including phenoxy) is 2. The first-order valence-corrected chi connectivity index (χ1v) is 5.07. The highest BCUT2D eigenvalue weighted by atomic mass is 35.5. The largest absolute Gasteiger partial charge is 0.469 e. The van der Waals surface area contributed by atoms with E-state index in [-0.39, 0.29) is 24.3 Å². The van der Waals surface area contributed by atoms with Crippen molar-refractivity contribution in [2.45, 2.75) is 0 Å². The van der Waals surface area contributed by atoms with Gasteiger partial charge < -0.3 is 14.8 Å². The van der Waals surface area contributed by atoms with Crippen molar-refractivity contribution in [3.63, 3.8) is 0 Å². The number of esters is 1. The van der Waals surface area contributed by atoms with Gasteiger partial charge in [-0.2, -0.15) is 0 Å². The zero-order valence-corrected chi connectivity index (χ0v) is 9.88. The van der Waals surface area contributed by atoms with Crippen molar-refractivity contribution in [3.8, 4) is 0 Å². The van der Waals surface area contributed by atoms with E-state index in [1.807, 2.05) is 0 Å². The minimum absolute atomic E-state index is 0. The van der Waals surface area contributed by atoms with Gasteiger partial charge in [-0.15, -0.1) is 12.4 Å². The summed E-state index contributed by atoms with van der Waals surface area (Å²) in [6.45, 7) is 2.64. The van der Waals surface area contributed by atoms with Crippen LogP contribution in [0.2, 0.25) is 0 Å². The standard InChI is InChI=1S/C10H17NO3.ClH/c1-13-5-8-6-3-11-4-7(6)9(8)10(12)14-2;/h6-9,11H,3-5H2,1-2H3;1H/t6-,7+,8+,9-;/m1./s1. The Morgan fingerprint density at radius 1 is 1.33 bits per heavy atom. The summed E-state index contributed by atoms with van der Waals surface area (Å²) in [7, 11) is 3.14. The summed E-state index contributed by atoms with van der Waals surface area (Å²) >= 11 is 0. The van der Waals surface area contributed by atoms with Gasteiger partial charge in [0, 0.05) is 13.0 Å². The smallest absolute Gasteiger partial charge is 0.309 e. The molecule has 1 aliphatic heterocycles. The Morgan fingerprint density at radius 2 is 2.00 bits per heavy atom. The van der Waals surface area contributed by atoms with Crippen molar-refractivity contribution < 1.29 is 14.3 Å². The van der Waals surface area contributed by atoms with Crippen molar-refractivity contribution >= 4 is 18.4 Å². The quantitative estimate of drug-likeness (QED) is 0.716. The zero-order valence-electron chi connectivity index (χ0n) is 9.06. The third kappa shape index (κ3) is 1.98. The molecule has 0 aromatic heterocycles. The molecule has 2 aliphatic rings. The molecule has 2 rings (SSSR count). The van der Waals surface area contributed by atoms with E-state index in [0.29, 0.717) is 24.4 Å². The minimum atomic E-state index is -0.0722. The van der Waals surface area contributed by atoms with Crippen LogP contribution in [0.15, 0.2) is 0 Å². The molecule has 4 nitrogen and oxygen atoms in total. The van der Waals surface area contributed by atoms with E-state index >= 15 is 0 Å². The first-order valence-electron chi connectivity index (χ1n) is 5.07. The summed E-state index contributed by atoms with van der Waals surface area (Å²) < 4.78 is 9.96. The molecule has 1 saturated heterocycles. The Kier molecular flexibility index (Phi) is 4.37. The average molecular weight is 236 g/mol. The van der Waals surface area contributed by atoms with Crippen molar-refractivity contribution in [2.24, 2.45) is 23.7 Å². The molecule has 5 heteroatoms. The summed E-state index contributed by atoms with van der Waals surface area (Å²) in [4.78, 5) is 11.5. The average Bonchev–Trinajstić information content (AvgIpc) is 2.58. The molecule has 0 aromatic rings. The lowest BCUT2D eigenvalue weighted by atomic mass is 9.58. The van der Waals surface area contributed by atoms with Crippen LogP contribution in [-0.2, 0) is 14.3 Å². The molecule has 0 aromatic carbocycles. The van der Waals surface area contributed by atoms with E-state index in [4.69, 9.17) is 9.47 Å². The van der Waals surface area contributed by atoms with Gasteiger partial charge in [-0.05, 0) is 24.9 Å². The lowest BCUT2D eigenvalue weighted by Gasteiger charge is -2.46. The number of methoxy groups -OCH3 is 2. The number of carbonyl (C=O) groups is 1. The molecule has 0 spiro atoms. The van der Waals surface area contributed by atoms with Crippen molar-refractivity contribution in [3.05, 3.63) is 0 Å². The highest BCUT2D eigenvalue weighted by Crippen LogP contribution is 2.48. The Bertz CT molecular complexity index is 237. The third-order valence-electron chi connectivity index (χ3n) is 3.61. The monoisotopic (exact) mass is 235 g/mol. The van der Waals surface area contributed by atoms with Gasteiger partial charge in [0.2, 0.25) is 0 Å². The van der Waals surface area contributed by atoms with Crippen molar-refractivity contribution in [1.82, 2.24) is 5.32 Å². The fourth-order valence-corrected chi connectivity index (χ4v) is 2.93.